The number of hydrogen-bond donors (Lipinski definition) is 1. The number of halogens is 1. The average molecular weight is 277 g/mol. The number of carbonyl (C=O) groups is 1. The van der Waals surface area contributed by atoms with E-state index in [0.29, 0.717) is 0 Å². The van der Waals surface area contributed by atoms with E-state index in [1.54, 1.807) is 23.5 Å². The van der Waals surface area contributed by atoms with Crippen LogP contribution >= 0.6 is 11.3 Å². The molecule has 0 saturated heterocycles. The van der Waals surface area contributed by atoms with Gasteiger partial charge in [-0.1, -0.05) is 17.7 Å². The molecule has 0 radical (unpaired) electrons. The Hall–Kier alpha value is -1.68. The molecule has 4 heteroatoms. The minimum atomic E-state index is -0.480. The Morgan fingerprint density at radius 3 is 2.89 bits per heavy atom. The van der Waals surface area contributed by atoms with Gasteiger partial charge in [-0.2, -0.15) is 0 Å². The topological polar surface area (TPSA) is 29.1 Å². The van der Waals surface area contributed by atoms with Crippen molar-refractivity contribution in [3.05, 3.63) is 57.5 Å². The van der Waals surface area contributed by atoms with Gasteiger partial charge in [-0.15, -0.1) is 11.3 Å². The third-order valence-corrected chi connectivity index (χ3v) is 3.73. The predicted molar refractivity (Wildman–Crippen MR) is 76.1 cm³/mol. The van der Waals surface area contributed by atoms with Crippen LogP contribution in [0.1, 0.15) is 27.7 Å². The van der Waals surface area contributed by atoms with Gasteiger partial charge in [-0.25, -0.2) is 4.39 Å². The molecule has 19 heavy (non-hydrogen) atoms. The largest absolute Gasteiger partial charge is 0.349 e. The third kappa shape index (κ3) is 3.64. The van der Waals surface area contributed by atoms with Gasteiger partial charge < -0.3 is 5.32 Å². The Balaban J connectivity index is 2.02. The number of aryl methyl sites for hydroxylation is 1. The molecule has 0 aliphatic rings. The van der Waals surface area contributed by atoms with Crippen LogP contribution in [-0.2, 0) is 6.42 Å². The van der Waals surface area contributed by atoms with Gasteiger partial charge in [0.1, 0.15) is 5.82 Å². The van der Waals surface area contributed by atoms with E-state index < -0.39 is 5.82 Å². The average Bonchev–Trinajstić information content (AvgIpc) is 2.84. The molecule has 0 bridgehead atoms. The smallest absolute Gasteiger partial charge is 0.254 e. The molecule has 0 spiro atoms. The summed E-state index contributed by atoms with van der Waals surface area (Å²) in [4.78, 5) is 13.2. The monoisotopic (exact) mass is 277 g/mol. The van der Waals surface area contributed by atoms with E-state index in [9.17, 15) is 9.18 Å². The van der Waals surface area contributed by atoms with E-state index >= 15 is 0 Å². The maximum absolute atomic E-state index is 13.6. The quantitative estimate of drug-likeness (QED) is 0.909. The summed E-state index contributed by atoms with van der Waals surface area (Å²) in [6, 6.07) is 8.54. The van der Waals surface area contributed by atoms with Crippen molar-refractivity contribution < 1.29 is 9.18 Å². The fraction of sp³-hybridized carbons (Fsp3) is 0.267. The molecule has 2 rings (SSSR count). The standard InChI is InChI=1S/C15H16FNOS/c1-10-5-6-14(16)13(8-10)15(18)17-11(2)9-12-4-3-7-19-12/h3-8,11H,9H2,1-2H3,(H,17,18). The van der Waals surface area contributed by atoms with E-state index in [2.05, 4.69) is 5.32 Å². The number of hydrogen-bond acceptors (Lipinski definition) is 2. The van der Waals surface area contributed by atoms with Gasteiger partial charge >= 0.3 is 0 Å². The molecule has 1 amide bonds. The zero-order chi connectivity index (χ0) is 13.8. The molecule has 1 aromatic carbocycles. The second-order valence-electron chi connectivity index (χ2n) is 4.64. The highest BCUT2D eigenvalue weighted by Gasteiger charge is 2.14. The van der Waals surface area contributed by atoms with Crippen molar-refractivity contribution in [1.29, 1.82) is 0 Å². The summed E-state index contributed by atoms with van der Waals surface area (Å²) in [5.74, 6) is -0.836. The lowest BCUT2D eigenvalue weighted by atomic mass is 10.1. The molecule has 1 aromatic heterocycles. The van der Waals surface area contributed by atoms with Crippen molar-refractivity contribution in [2.75, 3.05) is 0 Å². The predicted octanol–water partition coefficient (Wildman–Crippen LogP) is 3.56. The zero-order valence-corrected chi connectivity index (χ0v) is 11.8. The molecule has 2 aromatic rings. The van der Waals surface area contributed by atoms with E-state index in [1.807, 2.05) is 31.4 Å². The minimum Gasteiger partial charge on any atom is -0.349 e. The van der Waals surface area contributed by atoms with Gasteiger partial charge in [0.25, 0.3) is 5.91 Å². The van der Waals surface area contributed by atoms with Crippen molar-refractivity contribution >= 4 is 17.2 Å². The van der Waals surface area contributed by atoms with E-state index in [4.69, 9.17) is 0 Å². The van der Waals surface area contributed by atoms with Gasteiger partial charge in [0.15, 0.2) is 0 Å². The normalized spacial score (nSPS) is 12.2. The summed E-state index contributed by atoms with van der Waals surface area (Å²) < 4.78 is 13.6. The first-order valence-electron chi connectivity index (χ1n) is 6.15. The summed E-state index contributed by atoms with van der Waals surface area (Å²) in [5.41, 5.74) is 0.982. The van der Waals surface area contributed by atoms with Crippen LogP contribution in [0.2, 0.25) is 0 Å². The van der Waals surface area contributed by atoms with Gasteiger partial charge in [0, 0.05) is 17.3 Å². The van der Waals surface area contributed by atoms with Crippen molar-refractivity contribution in [3.63, 3.8) is 0 Å². The number of amides is 1. The van der Waals surface area contributed by atoms with Crippen LogP contribution in [0.5, 0.6) is 0 Å². The summed E-state index contributed by atoms with van der Waals surface area (Å²) in [6.07, 6.45) is 0.761. The number of benzene rings is 1. The van der Waals surface area contributed by atoms with Crippen LogP contribution in [0.4, 0.5) is 4.39 Å². The van der Waals surface area contributed by atoms with E-state index in [-0.39, 0.29) is 17.5 Å². The number of thiophene rings is 1. The van der Waals surface area contributed by atoms with Crippen molar-refractivity contribution in [2.45, 2.75) is 26.3 Å². The Bertz CT molecular complexity index is 566. The van der Waals surface area contributed by atoms with E-state index in [0.717, 1.165) is 12.0 Å². The molecule has 0 aliphatic carbocycles. The van der Waals surface area contributed by atoms with Gasteiger partial charge in [-0.3, -0.25) is 4.79 Å². The lowest BCUT2D eigenvalue weighted by molar-refractivity contribution is 0.0936. The molecular formula is C15H16FNOS. The molecular weight excluding hydrogens is 261 g/mol. The highest BCUT2D eigenvalue weighted by atomic mass is 32.1. The second-order valence-corrected chi connectivity index (χ2v) is 5.67. The van der Waals surface area contributed by atoms with Gasteiger partial charge in [0.05, 0.1) is 5.56 Å². The fourth-order valence-corrected chi connectivity index (χ4v) is 2.73. The van der Waals surface area contributed by atoms with Gasteiger partial charge in [0.2, 0.25) is 0 Å². The molecule has 100 valence electrons. The maximum atomic E-state index is 13.6. The number of carbonyl (C=O) groups excluding carboxylic acids is 1. The summed E-state index contributed by atoms with van der Waals surface area (Å²) >= 11 is 1.65. The van der Waals surface area contributed by atoms with Crippen molar-refractivity contribution in [3.8, 4) is 0 Å². The fourth-order valence-electron chi connectivity index (χ4n) is 1.90. The summed E-state index contributed by atoms with van der Waals surface area (Å²) in [6.45, 7) is 3.76. The first kappa shape index (κ1) is 13.7. The van der Waals surface area contributed by atoms with Crippen molar-refractivity contribution in [1.82, 2.24) is 5.32 Å². The van der Waals surface area contributed by atoms with Gasteiger partial charge in [-0.05, 0) is 37.4 Å². The summed E-state index contributed by atoms with van der Waals surface area (Å²) in [5, 5.41) is 4.83. The van der Waals surface area contributed by atoms with E-state index in [1.165, 1.54) is 10.9 Å². The molecule has 2 nitrogen and oxygen atoms in total. The SMILES string of the molecule is Cc1ccc(F)c(C(=O)NC(C)Cc2cccs2)c1. The Labute approximate surface area is 116 Å². The van der Waals surface area contributed by atoms with Crippen LogP contribution in [-0.4, -0.2) is 11.9 Å². The first-order valence-corrected chi connectivity index (χ1v) is 7.03. The molecule has 0 aliphatic heterocycles. The maximum Gasteiger partial charge on any atom is 0.254 e. The Kier molecular flexibility index (Phi) is 4.32. The van der Waals surface area contributed by atoms with Crippen LogP contribution in [0.15, 0.2) is 35.7 Å². The molecule has 0 fully saturated rings. The lowest BCUT2D eigenvalue weighted by Crippen LogP contribution is -2.34. The molecule has 1 N–H and O–H groups in total. The summed E-state index contributed by atoms with van der Waals surface area (Å²) in [7, 11) is 0. The second kappa shape index (κ2) is 5.97. The molecule has 1 heterocycles. The Morgan fingerprint density at radius 2 is 2.21 bits per heavy atom. The first-order chi connectivity index (χ1) is 9.06. The lowest BCUT2D eigenvalue weighted by Gasteiger charge is -2.13. The van der Waals surface area contributed by atoms with Crippen LogP contribution in [0, 0.1) is 12.7 Å². The molecule has 1 atom stereocenters. The zero-order valence-electron chi connectivity index (χ0n) is 10.9. The highest BCUT2D eigenvalue weighted by Crippen LogP contribution is 2.13. The number of nitrogens with one attached hydrogen (secondary N) is 1. The molecule has 0 saturated carbocycles. The van der Waals surface area contributed by atoms with Crippen LogP contribution < -0.4 is 5.32 Å². The highest BCUT2D eigenvalue weighted by molar-refractivity contribution is 7.09. The van der Waals surface area contributed by atoms with Crippen LogP contribution in [0.25, 0.3) is 0 Å². The Morgan fingerprint density at radius 1 is 1.42 bits per heavy atom. The van der Waals surface area contributed by atoms with Crippen molar-refractivity contribution in [2.24, 2.45) is 0 Å². The number of rotatable bonds is 4. The molecule has 1 unspecified atom stereocenters. The van der Waals surface area contributed by atoms with Crippen LogP contribution in [0.3, 0.4) is 0 Å². The minimum absolute atomic E-state index is 0.0222. The third-order valence-electron chi connectivity index (χ3n) is 2.83.